The van der Waals surface area contributed by atoms with Crippen molar-refractivity contribution in [2.75, 3.05) is 10.8 Å². The quantitative estimate of drug-likeness (QED) is 0.832. The van der Waals surface area contributed by atoms with Crippen LogP contribution >= 0.6 is 0 Å². The Bertz CT molecular complexity index is 543. The molecule has 0 radical (unpaired) electrons. The molecule has 0 N–H and O–H groups in total. The molecule has 4 nitrogen and oxygen atoms in total. The summed E-state index contributed by atoms with van der Waals surface area (Å²) in [4.78, 5) is 0. The number of sulfonamides is 1. The van der Waals surface area contributed by atoms with Gasteiger partial charge < -0.3 is 0 Å². The lowest BCUT2D eigenvalue weighted by atomic mass is 10.3. The molecular formula is C14H18N2O2S. The molecule has 19 heavy (non-hydrogen) atoms. The molecule has 0 aliphatic heterocycles. The Hall–Kier alpha value is -1.54. The third kappa shape index (κ3) is 3.07. The maximum absolute atomic E-state index is 12.7. The van der Waals surface area contributed by atoms with Gasteiger partial charge in [0.2, 0.25) is 10.0 Å². The lowest BCUT2D eigenvalue weighted by molar-refractivity contribution is 0.574. The van der Waals surface area contributed by atoms with Gasteiger partial charge in [0, 0.05) is 6.54 Å². The molecule has 1 saturated carbocycles. The summed E-state index contributed by atoms with van der Waals surface area (Å²) in [6.07, 6.45) is 3.63. The van der Waals surface area contributed by atoms with Gasteiger partial charge in [0.25, 0.3) is 0 Å². The normalized spacial score (nSPS) is 16.2. The predicted molar refractivity (Wildman–Crippen MR) is 75.2 cm³/mol. The van der Waals surface area contributed by atoms with Gasteiger partial charge >= 0.3 is 0 Å². The van der Waals surface area contributed by atoms with Crippen molar-refractivity contribution in [3.8, 4) is 6.07 Å². The van der Waals surface area contributed by atoms with E-state index in [2.05, 4.69) is 0 Å². The van der Waals surface area contributed by atoms with Gasteiger partial charge in [-0.1, -0.05) is 31.0 Å². The molecule has 0 unspecified atom stereocenters. The minimum absolute atomic E-state index is 0.209. The van der Waals surface area contributed by atoms with Crippen LogP contribution < -0.4 is 4.31 Å². The molecular weight excluding hydrogens is 260 g/mol. The number of benzene rings is 1. The molecule has 1 aliphatic rings. The molecule has 0 spiro atoms. The summed E-state index contributed by atoms with van der Waals surface area (Å²) in [6, 6.07) is 11.1. The maximum atomic E-state index is 12.7. The van der Waals surface area contributed by atoms with Crippen molar-refractivity contribution in [2.24, 2.45) is 0 Å². The molecule has 1 fully saturated rings. The van der Waals surface area contributed by atoms with Gasteiger partial charge in [-0.3, -0.25) is 4.31 Å². The largest absolute Gasteiger partial charge is 0.269 e. The van der Waals surface area contributed by atoms with Gasteiger partial charge in [0.15, 0.2) is 0 Å². The van der Waals surface area contributed by atoms with E-state index in [9.17, 15) is 8.42 Å². The Balaban J connectivity index is 2.29. The number of hydrogen-bond acceptors (Lipinski definition) is 3. The molecule has 1 aromatic carbocycles. The first-order chi connectivity index (χ1) is 9.16. The molecule has 1 aliphatic carbocycles. The van der Waals surface area contributed by atoms with Crippen LogP contribution in [0.25, 0.3) is 0 Å². The number of para-hydroxylation sites is 1. The zero-order valence-corrected chi connectivity index (χ0v) is 11.6. The molecule has 0 saturated heterocycles. The third-order valence-electron chi connectivity index (χ3n) is 3.50. The minimum Gasteiger partial charge on any atom is -0.269 e. The van der Waals surface area contributed by atoms with Crippen LogP contribution in [0.15, 0.2) is 30.3 Å². The van der Waals surface area contributed by atoms with E-state index in [0.29, 0.717) is 5.69 Å². The van der Waals surface area contributed by atoms with Crippen molar-refractivity contribution in [2.45, 2.75) is 37.4 Å². The SMILES string of the molecule is N#CCCN(c1ccccc1)S(=O)(=O)C1CCCC1. The highest BCUT2D eigenvalue weighted by Crippen LogP contribution is 2.30. The first kappa shape index (κ1) is 13.9. The van der Waals surface area contributed by atoms with E-state index in [-0.39, 0.29) is 18.2 Å². The zero-order chi connectivity index (χ0) is 13.7. The molecule has 2 rings (SSSR count). The molecule has 0 heterocycles. The summed E-state index contributed by atoms with van der Waals surface area (Å²) in [5.74, 6) is 0. The monoisotopic (exact) mass is 278 g/mol. The molecule has 5 heteroatoms. The molecule has 102 valence electrons. The molecule has 0 aromatic heterocycles. The first-order valence-electron chi connectivity index (χ1n) is 6.60. The number of rotatable bonds is 5. The molecule has 0 bridgehead atoms. The van der Waals surface area contributed by atoms with Crippen LogP contribution in [-0.4, -0.2) is 20.2 Å². The van der Waals surface area contributed by atoms with E-state index >= 15 is 0 Å². The van der Waals surface area contributed by atoms with Crippen LogP contribution in [0.5, 0.6) is 0 Å². The highest BCUT2D eigenvalue weighted by molar-refractivity contribution is 7.93. The van der Waals surface area contributed by atoms with Gasteiger partial charge in [-0.25, -0.2) is 8.42 Å². The van der Waals surface area contributed by atoms with Crippen molar-refractivity contribution < 1.29 is 8.42 Å². The molecule has 1 aromatic rings. The fourth-order valence-electron chi connectivity index (χ4n) is 2.52. The fourth-order valence-corrected chi connectivity index (χ4v) is 4.57. The second-order valence-electron chi connectivity index (χ2n) is 4.77. The van der Waals surface area contributed by atoms with Crippen molar-refractivity contribution >= 4 is 15.7 Å². The second-order valence-corrected chi connectivity index (χ2v) is 6.90. The van der Waals surface area contributed by atoms with E-state index in [1.807, 2.05) is 24.3 Å². The van der Waals surface area contributed by atoms with Crippen LogP contribution in [0.4, 0.5) is 5.69 Å². The summed E-state index contributed by atoms with van der Waals surface area (Å²) < 4.78 is 26.7. The van der Waals surface area contributed by atoms with Crippen molar-refractivity contribution in [3.63, 3.8) is 0 Å². The van der Waals surface area contributed by atoms with Gasteiger partial charge in [0.1, 0.15) is 0 Å². The number of nitriles is 1. The van der Waals surface area contributed by atoms with E-state index in [0.717, 1.165) is 25.7 Å². The third-order valence-corrected chi connectivity index (χ3v) is 5.82. The average molecular weight is 278 g/mol. The Morgan fingerprint density at radius 1 is 1.21 bits per heavy atom. The molecule has 0 atom stereocenters. The van der Waals surface area contributed by atoms with Gasteiger partial charge in [-0.2, -0.15) is 5.26 Å². The zero-order valence-electron chi connectivity index (χ0n) is 10.8. The van der Waals surface area contributed by atoms with Gasteiger partial charge in [-0.15, -0.1) is 0 Å². The summed E-state index contributed by atoms with van der Waals surface area (Å²) in [7, 11) is -3.34. The lowest BCUT2D eigenvalue weighted by Gasteiger charge is -2.26. The summed E-state index contributed by atoms with van der Waals surface area (Å²) in [5, 5.41) is 8.44. The lowest BCUT2D eigenvalue weighted by Crippen LogP contribution is -2.38. The Morgan fingerprint density at radius 2 is 1.84 bits per heavy atom. The van der Waals surface area contributed by atoms with Crippen LogP contribution in [-0.2, 0) is 10.0 Å². The minimum atomic E-state index is -3.34. The summed E-state index contributed by atoms with van der Waals surface area (Å²) >= 11 is 0. The topological polar surface area (TPSA) is 61.2 Å². The first-order valence-corrected chi connectivity index (χ1v) is 8.10. The second kappa shape index (κ2) is 6.07. The van der Waals surface area contributed by atoms with Crippen molar-refractivity contribution in [1.29, 1.82) is 5.26 Å². The highest BCUT2D eigenvalue weighted by Gasteiger charge is 2.34. The van der Waals surface area contributed by atoms with Crippen LogP contribution in [0, 0.1) is 11.3 Å². The van der Waals surface area contributed by atoms with Crippen LogP contribution in [0.1, 0.15) is 32.1 Å². The van der Waals surface area contributed by atoms with E-state index < -0.39 is 10.0 Å². The van der Waals surface area contributed by atoms with Gasteiger partial charge in [0.05, 0.1) is 23.4 Å². The number of anilines is 1. The van der Waals surface area contributed by atoms with E-state index in [1.165, 1.54) is 4.31 Å². The van der Waals surface area contributed by atoms with Crippen molar-refractivity contribution in [3.05, 3.63) is 30.3 Å². The average Bonchev–Trinajstić information content (AvgIpc) is 2.95. The van der Waals surface area contributed by atoms with Gasteiger partial charge in [-0.05, 0) is 25.0 Å². The Kier molecular flexibility index (Phi) is 4.43. The number of hydrogen-bond donors (Lipinski definition) is 0. The smallest absolute Gasteiger partial charge is 0.238 e. The summed E-state index contributed by atoms with van der Waals surface area (Å²) in [6.45, 7) is 0.235. The summed E-state index contributed by atoms with van der Waals surface area (Å²) in [5.41, 5.74) is 0.657. The standard InChI is InChI=1S/C14H18N2O2S/c15-11-6-12-16(13-7-2-1-3-8-13)19(17,18)14-9-4-5-10-14/h1-3,7-8,14H,4-6,9-10,12H2. The number of nitrogens with zero attached hydrogens (tertiary/aromatic N) is 2. The van der Waals surface area contributed by atoms with E-state index in [1.54, 1.807) is 12.1 Å². The van der Waals surface area contributed by atoms with Crippen LogP contribution in [0.3, 0.4) is 0 Å². The highest BCUT2D eigenvalue weighted by atomic mass is 32.2. The Labute approximate surface area is 114 Å². The predicted octanol–water partition coefficient (Wildman–Crippen LogP) is 2.68. The van der Waals surface area contributed by atoms with Crippen molar-refractivity contribution in [1.82, 2.24) is 0 Å². The van der Waals surface area contributed by atoms with Crippen LogP contribution in [0.2, 0.25) is 0 Å². The van der Waals surface area contributed by atoms with E-state index in [4.69, 9.17) is 5.26 Å². The fraction of sp³-hybridized carbons (Fsp3) is 0.500. The Morgan fingerprint density at radius 3 is 2.42 bits per heavy atom. The molecule has 0 amide bonds. The maximum Gasteiger partial charge on any atom is 0.238 e.